The van der Waals surface area contributed by atoms with Gasteiger partial charge in [-0.15, -0.1) is 0 Å². The summed E-state index contributed by atoms with van der Waals surface area (Å²) in [5.41, 5.74) is 1.05. The van der Waals surface area contributed by atoms with Gasteiger partial charge in [0, 0.05) is 11.4 Å². The zero-order valence-corrected chi connectivity index (χ0v) is 11.8. The first-order valence-electron chi connectivity index (χ1n) is 6.75. The van der Waals surface area contributed by atoms with E-state index >= 15 is 0 Å². The van der Waals surface area contributed by atoms with Crippen molar-refractivity contribution in [3.8, 4) is 0 Å². The summed E-state index contributed by atoms with van der Waals surface area (Å²) in [6.45, 7) is 4.88. The topological polar surface area (TPSA) is 18.5 Å². The van der Waals surface area contributed by atoms with E-state index in [1.807, 2.05) is 24.3 Å². The molecule has 2 rings (SSSR count). The third-order valence-corrected chi connectivity index (χ3v) is 3.91. The Morgan fingerprint density at radius 1 is 1.28 bits per heavy atom. The summed E-state index contributed by atoms with van der Waals surface area (Å²) in [5, 5.41) is 0.775. The number of rotatable bonds is 5. The van der Waals surface area contributed by atoms with Gasteiger partial charge in [0.1, 0.15) is 0 Å². The Morgan fingerprint density at radius 3 is 2.72 bits per heavy atom. The summed E-state index contributed by atoms with van der Waals surface area (Å²) < 4.78 is 11.9. The van der Waals surface area contributed by atoms with Gasteiger partial charge in [0.2, 0.25) is 0 Å². The van der Waals surface area contributed by atoms with Gasteiger partial charge >= 0.3 is 0 Å². The lowest BCUT2D eigenvalue weighted by Gasteiger charge is -2.17. The number of hydrogen-bond donors (Lipinski definition) is 0. The molecule has 1 aliphatic heterocycles. The van der Waals surface area contributed by atoms with Crippen molar-refractivity contribution in [3.05, 3.63) is 34.9 Å². The molecule has 1 aliphatic rings. The second-order valence-electron chi connectivity index (χ2n) is 4.79. The van der Waals surface area contributed by atoms with Gasteiger partial charge in [0.25, 0.3) is 0 Å². The van der Waals surface area contributed by atoms with Gasteiger partial charge < -0.3 is 9.47 Å². The van der Waals surface area contributed by atoms with Gasteiger partial charge in [0.15, 0.2) is 0 Å². The fraction of sp³-hybridized carbons (Fsp3) is 0.600. The van der Waals surface area contributed by atoms with Gasteiger partial charge in [-0.05, 0) is 24.5 Å². The van der Waals surface area contributed by atoms with E-state index in [0.717, 1.165) is 29.8 Å². The maximum absolute atomic E-state index is 6.12. The van der Waals surface area contributed by atoms with Crippen LogP contribution in [0, 0.1) is 0 Å². The van der Waals surface area contributed by atoms with Crippen molar-refractivity contribution in [2.45, 2.75) is 58.0 Å². The molecule has 0 radical (unpaired) electrons. The molecule has 0 aromatic heterocycles. The molecule has 1 aromatic rings. The molecule has 0 N–H and O–H groups in total. The van der Waals surface area contributed by atoms with E-state index in [-0.39, 0.29) is 12.2 Å². The van der Waals surface area contributed by atoms with Gasteiger partial charge in [-0.25, -0.2) is 0 Å². The lowest BCUT2D eigenvalue weighted by atomic mass is 10.1. The number of benzene rings is 1. The van der Waals surface area contributed by atoms with Crippen LogP contribution in [-0.4, -0.2) is 18.3 Å². The largest absolute Gasteiger partial charge is 0.372 e. The molecular formula is C15H21ClO2. The summed E-state index contributed by atoms with van der Waals surface area (Å²) >= 11 is 6.12. The third kappa shape index (κ3) is 3.25. The smallest absolute Gasteiger partial charge is 0.0865 e. The fourth-order valence-electron chi connectivity index (χ4n) is 2.41. The maximum Gasteiger partial charge on any atom is 0.0865 e. The maximum atomic E-state index is 6.12. The van der Waals surface area contributed by atoms with Crippen LogP contribution in [0.3, 0.4) is 0 Å². The van der Waals surface area contributed by atoms with Crippen LogP contribution in [0.1, 0.15) is 38.7 Å². The summed E-state index contributed by atoms with van der Waals surface area (Å²) in [4.78, 5) is 0. The average Bonchev–Trinajstić information content (AvgIpc) is 2.80. The molecule has 1 fully saturated rings. The molecule has 2 nitrogen and oxygen atoms in total. The zero-order chi connectivity index (χ0) is 13.0. The quantitative estimate of drug-likeness (QED) is 0.797. The van der Waals surface area contributed by atoms with Crippen molar-refractivity contribution in [1.29, 1.82) is 0 Å². The average molecular weight is 269 g/mol. The molecule has 1 aromatic carbocycles. The van der Waals surface area contributed by atoms with Crippen LogP contribution < -0.4 is 0 Å². The molecule has 18 heavy (non-hydrogen) atoms. The summed E-state index contributed by atoms with van der Waals surface area (Å²) in [7, 11) is 0. The van der Waals surface area contributed by atoms with Gasteiger partial charge in [0.05, 0.1) is 24.9 Å². The molecule has 0 saturated carbocycles. The van der Waals surface area contributed by atoms with Crippen LogP contribution >= 0.6 is 11.6 Å². The van der Waals surface area contributed by atoms with E-state index in [9.17, 15) is 0 Å². The van der Waals surface area contributed by atoms with Gasteiger partial charge in [-0.2, -0.15) is 0 Å². The van der Waals surface area contributed by atoms with E-state index in [1.54, 1.807) is 0 Å². The highest BCUT2D eigenvalue weighted by Crippen LogP contribution is 2.28. The normalized spacial score (nSPS) is 27.6. The van der Waals surface area contributed by atoms with Gasteiger partial charge in [-0.1, -0.05) is 43.6 Å². The van der Waals surface area contributed by atoms with Crippen LogP contribution in [0.5, 0.6) is 0 Å². The van der Waals surface area contributed by atoms with E-state index in [4.69, 9.17) is 21.1 Å². The van der Waals surface area contributed by atoms with Crippen molar-refractivity contribution in [1.82, 2.24) is 0 Å². The Balaban J connectivity index is 1.91. The second-order valence-corrected chi connectivity index (χ2v) is 5.20. The molecule has 1 heterocycles. The van der Waals surface area contributed by atoms with Crippen LogP contribution in [0.4, 0.5) is 0 Å². The van der Waals surface area contributed by atoms with Crippen LogP contribution in [-0.2, 0) is 16.1 Å². The molecule has 3 atom stereocenters. The minimum atomic E-state index is 0.205. The molecule has 1 saturated heterocycles. The van der Waals surface area contributed by atoms with Crippen LogP contribution in [0.25, 0.3) is 0 Å². The number of hydrogen-bond acceptors (Lipinski definition) is 2. The Kier molecular flexibility index (Phi) is 5.04. The highest BCUT2D eigenvalue weighted by Gasteiger charge is 2.33. The third-order valence-electron chi connectivity index (χ3n) is 3.55. The van der Waals surface area contributed by atoms with Gasteiger partial charge in [-0.3, -0.25) is 0 Å². The van der Waals surface area contributed by atoms with Crippen LogP contribution in [0.15, 0.2) is 24.3 Å². The van der Waals surface area contributed by atoms with Crippen LogP contribution in [0.2, 0.25) is 5.02 Å². The highest BCUT2D eigenvalue weighted by atomic mass is 35.5. The van der Waals surface area contributed by atoms with E-state index in [2.05, 4.69) is 13.8 Å². The molecule has 3 heteroatoms. The van der Waals surface area contributed by atoms with Crippen molar-refractivity contribution in [3.63, 3.8) is 0 Å². The second kappa shape index (κ2) is 6.55. The minimum absolute atomic E-state index is 0.205. The van der Waals surface area contributed by atoms with Crippen molar-refractivity contribution in [2.75, 3.05) is 0 Å². The molecule has 0 bridgehead atoms. The lowest BCUT2D eigenvalue weighted by molar-refractivity contribution is -0.0303. The van der Waals surface area contributed by atoms with Crippen molar-refractivity contribution in [2.24, 2.45) is 0 Å². The van der Waals surface area contributed by atoms with E-state index in [0.29, 0.717) is 12.7 Å². The zero-order valence-electron chi connectivity index (χ0n) is 11.1. The SMILES string of the molecule is CCC1CC(OCc2ccccc2Cl)C(CC)O1. The summed E-state index contributed by atoms with van der Waals surface area (Å²) in [6, 6.07) is 7.84. The first-order valence-corrected chi connectivity index (χ1v) is 7.12. The number of halogens is 1. The molecule has 0 aliphatic carbocycles. The first-order chi connectivity index (χ1) is 8.74. The lowest BCUT2D eigenvalue weighted by Crippen LogP contribution is -2.23. The van der Waals surface area contributed by atoms with Crippen molar-refractivity contribution >= 4 is 11.6 Å². The fourth-order valence-corrected chi connectivity index (χ4v) is 2.60. The van der Waals surface area contributed by atoms with E-state index < -0.39 is 0 Å². The monoisotopic (exact) mass is 268 g/mol. The van der Waals surface area contributed by atoms with E-state index in [1.165, 1.54) is 0 Å². The molecule has 3 unspecified atom stereocenters. The number of ether oxygens (including phenoxy) is 2. The Hall–Kier alpha value is -0.570. The minimum Gasteiger partial charge on any atom is -0.372 e. The summed E-state index contributed by atoms with van der Waals surface area (Å²) in [5.74, 6) is 0. The molecular weight excluding hydrogens is 248 g/mol. The molecule has 0 amide bonds. The molecule has 100 valence electrons. The standard InChI is InChI=1S/C15H21ClO2/c1-3-12-9-15(14(4-2)18-12)17-10-11-7-5-6-8-13(11)16/h5-8,12,14-15H,3-4,9-10H2,1-2H3. The molecule has 0 spiro atoms. The Labute approximate surface area is 114 Å². The Morgan fingerprint density at radius 2 is 2.06 bits per heavy atom. The first kappa shape index (κ1) is 13.9. The highest BCUT2D eigenvalue weighted by molar-refractivity contribution is 6.31. The summed E-state index contributed by atoms with van der Waals surface area (Å²) in [6.07, 6.45) is 3.85. The predicted molar refractivity (Wildman–Crippen MR) is 73.9 cm³/mol. The Bertz CT molecular complexity index is 381. The van der Waals surface area contributed by atoms with Crippen molar-refractivity contribution < 1.29 is 9.47 Å². The predicted octanol–water partition coefficient (Wildman–Crippen LogP) is 4.20.